The zero-order chi connectivity index (χ0) is 9.30. The first-order valence-electron chi connectivity index (χ1n) is 3.09. The predicted molar refractivity (Wildman–Crippen MR) is 47.9 cm³/mol. The minimum Gasteiger partial charge on any atom is -0.302 e. The predicted octanol–water partition coefficient (Wildman–Crippen LogP) is 2.48. The van der Waals surface area contributed by atoms with Crippen LogP contribution in [0.3, 0.4) is 0 Å². The van der Waals surface area contributed by atoms with Crippen molar-refractivity contribution in [1.29, 1.82) is 0 Å². The lowest BCUT2D eigenvalue weighted by Gasteiger charge is -2.02. The van der Waals surface area contributed by atoms with Crippen molar-refractivity contribution in [2.45, 2.75) is 11.8 Å². The number of halogens is 2. The summed E-state index contributed by atoms with van der Waals surface area (Å²) in [5.41, 5.74) is 0.702. The highest BCUT2D eigenvalue weighted by molar-refractivity contribution is 9.10. The lowest BCUT2D eigenvalue weighted by Crippen LogP contribution is -1.95. The molecule has 0 saturated carbocycles. The Morgan fingerprint density at radius 2 is 2.17 bits per heavy atom. The molecule has 5 heteroatoms. The van der Waals surface area contributed by atoms with Gasteiger partial charge in [0.05, 0.1) is 0 Å². The SMILES string of the molecule is Cc1cc(F)c(S(=O)O)c(Br)c1. The number of hydrogen-bond acceptors (Lipinski definition) is 1. The Morgan fingerprint density at radius 1 is 1.58 bits per heavy atom. The molecule has 0 saturated heterocycles. The topological polar surface area (TPSA) is 37.3 Å². The normalized spacial score (nSPS) is 13.0. The van der Waals surface area contributed by atoms with E-state index in [2.05, 4.69) is 15.9 Å². The lowest BCUT2D eigenvalue weighted by molar-refractivity contribution is 0.542. The van der Waals surface area contributed by atoms with Crippen molar-refractivity contribution in [3.8, 4) is 0 Å². The van der Waals surface area contributed by atoms with Gasteiger partial charge in [0.2, 0.25) is 0 Å². The van der Waals surface area contributed by atoms with Crippen LogP contribution in [0.1, 0.15) is 5.56 Å². The van der Waals surface area contributed by atoms with Crippen LogP contribution >= 0.6 is 15.9 Å². The second-order valence-electron chi connectivity index (χ2n) is 2.31. The Hall–Kier alpha value is -0.260. The van der Waals surface area contributed by atoms with E-state index in [-0.39, 0.29) is 4.90 Å². The first-order valence-corrected chi connectivity index (χ1v) is 4.99. The van der Waals surface area contributed by atoms with Crippen molar-refractivity contribution in [3.63, 3.8) is 0 Å². The molecular formula is C7H6BrFO2S. The minimum atomic E-state index is -2.28. The molecule has 0 heterocycles. The van der Waals surface area contributed by atoms with Gasteiger partial charge in [-0.1, -0.05) is 0 Å². The molecule has 0 fully saturated rings. The molecule has 1 atom stereocenters. The molecule has 66 valence electrons. The average molecular weight is 253 g/mol. The van der Waals surface area contributed by atoms with E-state index in [0.717, 1.165) is 0 Å². The summed E-state index contributed by atoms with van der Waals surface area (Å²) in [6, 6.07) is 2.81. The molecule has 1 rings (SSSR count). The summed E-state index contributed by atoms with van der Waals surface area (Å²) in [5.74, 6) is -0.664. The molecule has 2 nitrogen and oxygen atoms in total. The maximum absolute atomic E-state index is 13.0. The Bertz CT molecular complexity index is 317. The largest absolute Gasteiger partial charge is 0.302 e. The molecule has 0 spiro atoms. The Labute approximate surface area is 80.2 Å². The van der Waals surface area contributed by atoms with Crippen molar-refractivity contribution < 1.29 is 13.2 Å². The van der Waals surface area contributed by atoms with Crippen LogP contribution in [0, 0.1) is 12.7 Å². The molecule has 0 bridgehead atoms. The van der Waals surface area contributed by atoms with E-state index in [0.29, 0.717) is 10.0 Å². The van der Waals surface area contributed by atoms with Crippen LogP contribution in [0.5, 0.6) is 0 Å². The first-order chi connectivity index (χ1) is 5.52. The van der Waals surface area contributed by atoms with Gasteiger partial charge in [0.1, 0.15) is 10.7 Å². The standard InChI is InChI=1S/C7H6BrFO2S/c1-4-2-5(8)7(12(10)11)6(9)3-4/h2-3H,1H3,(H,10,11). The van der Waals surface area contributed by atoms with Crippen LogP contribution in [0.25, 0.3) is 0 Å². The average Bonchev–Trinajstić information content (AvgIpc) is 1.82. The highest BCUT2D eigenvalue weighted by Gasteiger charge is 2.12. The Balaban J connectivity index is 3.38. The molecule has 0 radical (unpaired) electrons. The first kappa shape index (κ1) is 9.83. The van der Waals surface area contributed by atoms with Crippen molar-refractivity contribution in [1.82, 2.24) is 0 Å². The van der Waals surface area contributed by atoms with Crippen LogP contribution in [0.15, 0.2) is 21.5 Å². The third-order valence-corrected chi connectivity index (χ3v) is 2.97. The molecule has 0 aliphatic carbocycles. The van der Waals surface area contributed by atoms with Crippen molar-refractivity contribution in [2.75, 3.05) is 0 Å². The van der Waals surface area contributed by atoms with Crippen molar-refractivity contribution >= 4 is 27.0 Å². The van der Waals surface area contributed by atoms with E-state index in [9.17, 15) is 8.60 Å². The van der Waals surface area contributed by atoms with Crippen LogP contribution in [-0.4, -0.2) is 8.76 Å². The molecule has 0 aromatic heterocycles. The molecule has 0 aliphatic rings. The van der Waals surface area contributed by atoms with Crippen LogP contribution in [0.2, 0.25) is 0 Å². The summed E-state index contributed by atoms with van der Waals surface area (Å²) in [6.07, 6.45) is 0. The molecule has 0 aliphatic heterocycles. The molecule has 1 unspecified atom stereocenters. The number of aryl methyl sites for hydroxylation is 1. The van der Waals surface area contributed by atoms with Gasteiger partial charge in [0, 0.05) is 4.47 Å². The molecule has 12 heavy (non-hydrogen) atoms. The minimum absolute atomic E-state index is 0.208. The fourth-order valence-corrected chi connectivity index (χ4v) is 2.27. The van der Waals surface area contributed by atoms with Gasteiger partial charge in [0.15, 0.2) is 11.1 Å². The Morgan fingerprint density at radius 3 is 2.58 bits per heavy atom. The highest BCUT2D eigenvalue weighted by atomic mass is 79.9. The zero-order valence-corrected chi connectivity index (χ0v) is 8.58. The lowest BCUT2D eigenvalue weighted by atomic mass is 10.2. The van der Waals surface area contributed by atoms with Crippen LogP contribution < -0.4 is 0 Å². The van der Waals surface area contributed by atoms with Gasteiger partial charge >= 0.3 is 0 Å². The summed E-state index contributed by atoms with van der Waals surface area (Å²) in [5, 5.41) is 0. The number of benzene rings is 1. The maximum atomic E-state index is 13.0. The number of rotatable bonds is 1. The monoisotopic (exact) mass is 252 g/mol. The summed E-state index contributed by atoms with van der Waals surface area (Å²) in [6.45, 7) is 1.71. The second-order valence-corrected chi connectivity index (χ2v) is 4.07. The molecule has 0 amide bonds. The summed E-state index contributed by atoms with van der Waals surface area (Å²) in [4.78, 5) is -0.208. The van der Waals surface area contributed by atoms with Crippen LogP contribution in [0.4, 0.5) is 4.39 Å². The van der Waals surface area contributed by atoms with Gasteiger partial charge in [-0.15, -0.1) is 0 Å². The molecule has 1 N–H and O–H groups in total. The van der Waals surface area contributed by atoms with Gasteiger partial charge in [-0.3, -0.25) is 0 Å². The van der Waals surface area contributed by atoms with Crippen LogP contribution in [-0.2, 0) is 11.1 Å². The quantitative estimate of drug-likeness (QED) is 0.780. The molecular weight excluding hydrogens is 247 g/mol. The fraction of sp³-hybridized carbons (Fsp3) is 0.143. The zero-order valence-electron chi connectivity index (χ0n) is 6.17. The summed E-state index contributed by atoms with van der Waals surface area (Å²) >= 11 is 0.723. The highest BCUT2D eigenvalue weighted by Crippen LogP contribution is 2.24. The number of hydrogen-bond donors (Lipinski definition) is 1. The molecule has 1 aromatic carbocycles. The molecule has 1 aromatic rings. The Kier molecular flexibility index (Phi) is 2.98. The third kappa shape index (κ3) is 1.91. The van der Waals surface area contributed by atoms with E-state index in [1.807, 2.05) is 0 Å². The summed E-state index contributed by atoms with van der Waals surface area (Å²) < 4.78 is 32.6. The van der Waals surface area contributed by atoms with E-state index < -0.39 is 16.9 Å². The third-order valence-electron chi connectivity index (χ3n) is 1.32. The smallest absolute Gasteiger partial charge is 0.190 e. The second kappa shape index (κ2) is 3.64. The van der Waals surface area contributed by atoms with E-state index in [4.69, 9.17) is 4.55 Å². The van der Waals surface area contributed by atoms with E-state index >= 15 is 0 Å². The van der Waals surface area contributed by atoms with Gasteiger partial charge in [0.25, 0.3) is 0 Å². The van der Waals surface area contributed by atoms with Crippen molar-refractivity contribution in [2.24, 2.45) is 0 Å². The summed E-state index contributed by atoms with van der Waals surface area (Å²) in [7, 11) is 0. The van der Waals surface area contributed by atoms with Gasteiger partial charge in [-0.2, -0.15) is 0 Å². The fourth-order valence-electron chi connectivity index (χ4n) is 0.853. The maximum Gasteiger partial charge on any atom is 0.190 e. The van der Waals surface area contributed by atoms with Gasteiger partial charge in [-0.05, 0) is 40.5 Å². The van der Waals surface area contributed by atoms with Crippen molar-refractivity contribution in [3.05, 3.63) is 28.0 Å². The van der Waals surface area contributed by atoms with Gasteiger partial charge < -0.3 is 4.55 Å². The van der Waals surface area contributed by atoms with E-state index in [1.54, 1.807) is 13.0 Å². The van der Waals surface area contributed by atoms with Gasteiger partial charge in [-0.25, -0.2) is 8.60 Å². The van der Waals surface area contributed by atoms with E-state index in [1.165, 1.54) is 6.07 Å².